The molecule has 0 aromatic heterocycles. The van der Waals surface area contributed by atoms with Gasteiger partial charge in [-0.15, -0.1) is 0 Å². The van der Waals surface area contributed by atoms with Crippen LogP contribution in [0.1, 0.15) is 72.6 Å². The number of carbonyl (C=O) groups excluding carboxylic acids is 1. The summed E-state index contributed by atoms with van der Waals surface area (Å²) in [6.45, 7) is 8.48. The molecule has 1 saturated carbocycles. The van der Waals surface area contributed by atoms with Gasteiger partial charge < -0.3 is 15.7 Å². The van der Waals surface area contributed by atoms with E-state index in [1.54, 1.807) is 0 Å². The van der Waals surface area contributed by atoms with Gasteiger partial charge in [0, 0.05) is 12.1 Å². The summed E-state index contributed by atoms with van der Waals surface area (Å²) in [5.41, 5.74) is -0.808. The van der Waals surface area contributed by atoms with Crippen LogP contribution >= 0.6 is 0 Å². The number of rotatable bonds is 6. The molecule has 0 heterocycles. The lowest BCUT2D eigenvalue weighted by atomic mass is 9.94. The van der Waals surface area contributed by atoms with E-state index in [1.807, 2.05) is 20.8 Å². The monoisotopic (exact) mass is 284 g/mol. The van der Waals surface area contributed by atoms with Crippen LogP contribution in [0.15, 0.2) is 0 Å². The zero-order chi connectivity index (χ0) is 15.2. The number of amides is 1. The Bertz CT molecular complexity index is 308. The fourth-order valence-electron chi connectivity index (χ4n) is 2.53. The Kier molecular flexibility index (Phi) is 6.46. The van der Waals surface area contributed by atoms with Gasteiger partial charge in [-0.05, 0) is 40.0 Å². The quantitative estimate of drug-likeness (QED) is 0.656. The van der Waals surface area contributed by atoms with Gasteiger partial charge in [0.1, 0.15) is 0 Å². The summed E-state index contributed by atoms with van der Waals surface area (Å²) < 4.78 is 0. The van der Waals surface area contributed by atoms with E-state index in [0.29, 0.717) is 6.54 Å². The largest absolute Gasteiger partial charge is 0.389 e. The van der Waals surface area contributed by atoms with Gasteiger partial charge in [-0.1, -0.05) is 32.6 Å². The standard InChI is InChI=1S/C16H32N2O2/c1-5-15(3,4)18-14(19)13(2)17-12-16(20)10-8-6-7-9-11-16/h13,17,20H,5-12H2,1-4H3,(H,18,19). The van der Waals surface area contributed by atoms with E-state index in [4.69, 9.17) is 0 Å². The minimum Gasteiger partial charge on any atom is -0.389 e. The molecule has 1 aliphatic rings. The normalized spacial score (nSPS) is 21.1. The number of hydrogen-bond donors (Lipinski definition) is 3. The highest BCUT2D eigenvalue weighted by atomic mass is 16.3. The first-order chi connectivity index (χ1) is 9.28. The van der Waals surface area contributed by atoms with Gasteiger partial charge in [-0.2, -0.15) is 0 Å². The van der Waals surface area contributed by atoms with E-state index >= 15 is 0 Å². The highest BCUT2D eigenvalue weighted by Gasteiger charge is 2.29. The number of hydrogen-bond acceptors (Lipinski definition) is 3. The molecule has 1 rings (SSSR count). The van der Waals surface area contributed by atoms with Crippen LogP contribution < -0.4 is 10.6 Å². The van der Waals surface area contributed by atoms with Gasteiger partial charge in [0.25, 0.3) is 0 Å². The summed E-state index contributed by atoms with van der Waals surface area (Å²) in [5.74, 6) is 0.00840. The number of aliphatic hydroxyl groups is 1. The Morgan fingerprint density at radius 1 is 1.25 bits per heavy atom. The second-order valence-corrected chi connectivity index (χ2v) is 6.97. The van der Waals surface area contributed by atoms with Crippen molar-refractivity contribution < 1.29 is 9.90 Å². The van der Waals surface area contributed by atoms with Crippen molar-refractivity contribution in [3.05, 3.63) is 0 Å². The van der Waals surface area contributed by atoms with Crippen LogP contribution in [0.25, 0.3) is 0 Å². The summed E-state index contributed by atoms with van der Waals surface area (Å²) in [7, 11) is 0. The van der Waals surface area contributed by atoms with Gasteiger partial charge in [0.15, 0.2) is 0 Å². The Morgan fingerprint density at radius 3 is 2.30 bits per heavy atom. The van der Waals surface area contributed by atoms with Crippen molar-refractivity contribution in [3.63, 3.8) is 0 Å². The second-order valence-electron chi connectivity index (χ2n) is 6.97. The lowest BCUT2D eigenvalue weighted by Gasteiger charge is -2.30. The van der Waals surface area contributed by atoms with E-state index in [1.165, 1.54) is 12.8 Å². The van der Waals surface area contributed by atoms with Crippen molar-refractivity contribution in [3.8, 4) is 0 Å². The summed E-state index contributed by atoms with van der Waals surface area (Å²) in [6, 6.07) is -0.270. The smallest absolute Gasteiger partial charge is 0.237 e. The zero-order valence-corrected chi connectivity index (χ0v) is 13.6. The van der Waals surface area contributed by atoms with Gasteiger partial charge in [-0.25, -0.2) is 0 Å². The molecule has 1 amide bonds. The van der Waals surface area contributed by atoms with Crippen molar-refractivity contribution in [2.45, 2.75) is 89.8 Å². The van der Waals surface area contributed by atoms with E-state index in [9.17, 15) is 9.90 Å². The molecular formula is C16H32N2O2. The van der Waals surface area contributed by atoms with Crippen LogP contribution in [0, 0.1) is 0 Å². The Labute approximate surface area is 123 Å². The van der Waals surface area contributed by atoms with Gasteiger partial charge in [-0.3, -0.25) is 4.79 Å². The Hall–Kier alpha value is -0.610. The summed E-state index contributed by atoms with van der Waals surface area (Å²) >= 11 is 0. The maximum absolute atomic E-state index is 12.1. The lowest BCUT2D eigenvalue weighted by molar-refractivity contribution is -0.124. The molecule has 0 radical (unpaired) electrons. The molecule has 4 heteroatoms. The molecule has 0 bridgehead atoms. The SMILES string of the molecule is CCC(C)(C)NC(=O)C(C)NCC1(O)CCCCCC1. The molecular weight excluding hydrogens is 252 g/mol. The molecule has 0 aromatic rings. The molecule has 0 aromatic carbocycles. The summed E-state index contributed by atoms with van der Waals surface area (Å²) in [4.78, 5) is 12.1. The van der Waals surface area contributed by atoms with Crippen molar-refractivity contribution in [1.82, 2.24) is 10.6 Å². The molecule has 1 atom stereocenters. The van der Waals surface area contributed by atoms with Crippen molar-refractivity contribution >= 4 is 5.91 Å². The average Bonchev–Trinajstić information content (AvgIpc) is 2.61. The molecule has 20 heavy (non-hydrogen) atoms. The summed E-state index contributed by atoms with van der Waals surface area (Å²) in [6.07, 6.45) is 7.17. The van der Waals surface area contributed by atoms with Crippen molar-refractivity contribution in [2.75, 3.05) is 6.54 Å². The summed E-state index contributed by atoms with van der Waals surface area (Å²) in [5, 5.41) is 16.8. The molecule has 3 N–H and O–H groups in total. The van der Waals surface area contributed by atoms with E-state index < -0.39 is 5.60 Å². The molecule has 0 spiro atoms. The van der Waals surface area contributed by atoms with E-state index in [0.717, 1.165) is 32.1 Å². The second kappa shape index (κ2) is 7.41. The maximum Gasteiger partial charge on any atom is 0.237 e. The third-order valence-electron chi connectivity index (χ3n) is 4.51. The van der Waals surface area contributed by atoms with Crippen LogP contribution in [0.5, 0.6) is 0 Å². The highest BCUT2D eigenvalue weighted by molar-refractivity contribution is 5.81. The first-order valence-corrected chi connectivity index (χ1v) is 8.06. The maximum atomic E-state index is 12.1. The van der Waals surface area contributed by atoms with E-state index in [-0.39, 0.29) is 17.5 Å². The predicted octanol–water partition coefficient (Wildman–Crippen LogP) is 2.35. The fraction of sp³-hybridized carbons (Fsp3) is 0.938. The highest BCUT2D eigenvalue weighted by Crippen LogP contribution is 2.26. The average molecular weight is 284 g/mol. The molecule has 0 saturated heterocycles. The van der Waals surface area contributed by atoms with Gasteiger partial charge in [0.05, 0.1) is 11.6 Å². The zero-order valence-electron chi connectivity index (χ0n) is 13.6. The van der Waals surface area contributed by atoms with Gasteiger partial charge >= 0.3 is 0 Å². The molecule has 1 unspecified atom stereocenters. The molecule has 1 fully saturated rings. The minimum absolute atomic E-state index is 0.00840. The molecule has 118 valence electrons. The van der Waals surface area contributed by atoms with Crippen LogP contribution in [0.4, 0.5) is 0 Å². The Morgan fingerprint density at radius 2 is 1.80 bits per heavy atom. The lowest BCUT2D eigenvalue weighted by Crippen LogP contribution is -2.53. The topological polar surface area (TPSA) is 61.4 Å². The van der Waals surface area contributed by atoms with Gasteiger partial charge in [0.2, 0.25) is 5.91 Å². The third kappa shape index (κ3) is 5.80. The Balaban J connectivity index is 2.41. The predicted molar refractivity (Wildman–Crippen MR) is 82.6 cm³/mol. The van der Waals surface area contributed by atoms with E-state index in [2.05, 4.69) is 17.6 Å². The molecule has 0 aliphatic heterocycles. The van der Waals surface area contributed by atoms with Crippen molar-refractivity contribution in [1.29, 1.82) is 0 Å². The fourth-order valence-corrected chi connectivity index (χ4v) is 2.53. The van der Waals surface area contributed by atoms with Crippen LogP contribution in [-0.4, -0.2) is 34.7 Å². The first kappa shape index (κ1) is 17.4. The number of nitrogens with one attached hydrogen (secondary N) is 2. The molecule has 4 nitrogen and oxygen atoms in total. The van der Waals surface area contributed by atoms with Crippen LogP contribution in [-0.2, 0) is 4.79 Å². The van der Waals surface area contributed by atoms with Crippen LogP contribution in [0.2, 0.25) is 0 Å². The minimum atomic E-state index is -0.634. The van der Waals surface area contributed by atoms with Crippen molar-refractivity contribution in [2.24, 2.45) is 0 Å². The first-order valence-electron chi connectivity index (χ1n) is 8.06. The van der Waals surface area contributed by atoms with Crippen LogP contribution in [0.3, 0.4) is 0 Å². The third-order valence-corrected chi connectivity index (χ3v) is 4.51. The number of carbonyl (C=O) groups is 1. The molecule has 1 aliphatic carbocycles.